The molecule has 0 aromatic heterocycles. The van der Waals surface area contributed by atoms with Gasteiger partial charge in [-0.25, -0.2) is 8.42 Å². The Morgan fingerprint density at radius 3 is 2.74 bits per heavy atom. The molecular weight excluding hydrogens is 262 g/mol. The van der Waals surface area contributed by atoms with Crippen LogP contribution < -0.4 is 5.32 Å². The Labute approximate surface area is 114 Å². The lowest BCUT2D eigenvalue weighted by Gasteiger charge is -2.15. The number of sulfone groups is 1. The molecule has 1 aliphatic rings. The summed E-state index contributed by atoms with van der Waals surface area (Å²) in [5.41, 5.74) is 1.72. The molecule has 0 saturated heterocycles. The fourth-order valence-electron chi connectivity index (χ4n) is 2.06. The van der Waals surface area contributed by atoms with E-state index in [0.717, 1.165) is 30.2 Å². The van der Waals surface area contributed by atoms with E-state index in [1.54, 1.807) is 6.07 Å². The lowest BCUT2D eigenvalue weighted by atomic mass is 10.1. The molecule has 1 heterocycles. The number of guanidine groups is 1. The monoisotopic (exact) mass is 281 g/mol. The van der Waals surface area contributed by atoms with Gasteiger partial charge in [0.15, 0.2) is 15.8 Å². The van der Waals surface area contributed by atoms with Crippen molar-refractivity contribution in [2.24, 2.45) is 4.99 Å². The van der Waals surface area contributed by atoms with Crippen molar-refractivity contribution in [3.8, 4) is 0 Å². The summed E-state index contributed by atoms with van der Waals surface area (Å²) in [6.07, 6.45) is 1.24. The van der Waals surface area contributed by atoms with Crippen molar-refractivity contribution >= 4 is 15.8 Å². The van der Waals surface area contributed by atoms with Gasteiger partial charge in [0.2, 0.25) is 0 Å². The van der Waals surface area contributed by atoms with Crippen LogP contribution in [0.2, 0.25) is 0 Å². The van der Waals surface area contributed by atoms with Gasteiger partial charge in [-0.3, -0.25) is 4.99 Å². The SMILES string of the molecule is Cc1ccc(CNC2=NCCN2C)cc1S(C)(=O)=O. The highest BCUT2D eigenvalue weighted by Gasteiger charge is 2.13. The second-order valence-electron chi connectivity index (χ2n) is 4.85. The van der Waals surface area contributed by atoms with Crippen molar-refractivity contribution < 1.29 is 8.42 Å². The zero-order valence-electron chi connectivity index (χ0n) is 11.5. The molecule has 0 unspecified atom stereocenters. The maximum Gasteiger partial charge on any atom is 0.194 e. The molecule has 0 fully saturated rings. The van der Waals surface area contributed by atoms with Crippen LogP contribution >= 0.6 is 0 Å². The van der Waals surface area contributed by atoms with E-state index in [1.165, 1.54) is 6.26 Å². The van der Waals surface area contributed by atoms with Crippen LogP contribution in [0.5, 0.6) is 0 Å². The van der Waals surface area contributed by atoms with Crippen LogP contribution in [0.15, 0.2) is 28.1 Å². The topological polar surface area (TPSA) is 61.8 Å². The fraction of sp³-hybridized carbons (Fsp3) is 0.462. The molecule has 104 valence electrons. The molecule has 0 aliphatic carbocycles. The quantitative estimate of drug-likeness (QED) is 0.890. The molecule has 1 N–H and O–H groups in total. The smallest absolute Gasteiger partial charge is 0.194 e. The number of likely N-dealkylation sites (N-methyl/N-ethyl adjacent to an activating group) is 1. The van der Waals surface area contributed by atoms with Crippen LogP contribution in [0.1, 0.15) is 11.1 Å². The van der Waals surface area contributed by atoms with Gasteiger partial charge in [0, 0.05) is 26.4 Å². The predicted molar refractivity (Wildman–Crippen MR) is 76.1 cm³/mol. The lowest BCUT2D eigenvalue weighted by Crippen LogP contribution is -2.35. The van der Waals surface area contributed by atoms with E-state index >= 15 is 0 Å². The van der Waals surface area contributed by atoms with Crippen LogP contribution in [0, 0.1) is 6.92 Å². The van der Waals surface area contributed by atoms with Crippen molar-refractivity contribution in [3.63, 3.8) is 0 Å². The molecule has 5 nitrogen and oxygen atoms in total. The minimum absolute atomic E-state index is 0.397. The Bertz CT molecular complexity index is 608. The number of hydrogen-bond acceptors (Lipinski definition) is 5. The summed E-state index contributed by atoms with van der Waals surface area (Å²) in [4.78, 5) is 6.78. The normalized spacial score (nSPS) is 15.5. The minimum atomic E-state index is -3.17. The molecule has 1 aromatic rings. The highest BCUT2D eigenvalue weighted by Crippen LogP contribution is 2.17. The first-order valence-electron chi connectivity index (χ1n) is 6.17. The molecule has 19 heavy (non-hydrogen) atoms. The first kappa shape index (κ1) is 13.9. The van der Waals surface area contributed by atoms with Gasteiger partial charge in [0.05, 0.1) is 11.4 Å². The van der Waals surface area contributed by atoms with E-state index in [0.29, 0.717) is 11.4 Å². The molecule has 0 spiro atoms. The summed E-state index contributed by atoms with van der Waals surface area (Å²) >= 11 is 0. The van der Waals surface area contributed by atoms with Crippen molar-refractivity contribution in [1.29, 1.82) is 0 Å². The second kappa shape index (κ2) is 5.21. The van der Waals surface area contributed by atoms with E-state index in [2.05, 4.69) is 10.3 Å². The third kappa shape index (κ3) is 3.26. The average molecular weight is 281 g/mol. The van der Waals surface area contributed by atoms with E-state index in [1.807, 2.05) is 31.0 Å². The Morgan fingerprint density at radius 2 is 2.16 bits per heavy atom. The fourth-order valence-corrected chi connectivity index (χ4v) is 3.08. The number of hydrogen-bond donors (Lipinski definition) is 1. The van der Waals surface area contributed by atoms with Crippen LogP contribution in [-0.4, -0.2) is 45.7 Å². The Morgan fingerprint density at radius 1 is 1.42 bits per heavy atom. The third-order valence-electron chi connectivity index (χ3n) is 3.16. The zero-order chi connectivity index (χ0) is 14.0. The molecular formula is C13H19N3O2S. The Hall–Kier alpha value is -1.56. The minimum Gasteiger partial charge on any atom is -0.352 e. The third-order valence-corrected chi connectivity index (χ3v) is 4.40. The summed E-state index contributed by atoms with van der Waals surface area (Å²) in [5.74, 6) is 0.862. The number of aliphatic imine (C=N–C) groups is 1. The van der Waals surface area contributed by atoms with E-state index < -0.39 is 9.84 Å². The highest BCUT2D eigenvalue weighted by atomic mass is 32.2. The van der Waals surface area contributed by atoms with Crippen molar-refractivity contribution in [3.05, 3.63) is 29.3 Å². The largest absolute Gasteiger partial charge is 0.352 e. The molecule has 2 rings (SSSR count). The summed E-state index contributed by atoms with van der Waals surface area (Å²) in [5, 5.41) is 3.23. The van der Waals surface area contributed by atoms with E-state index in [9.17, 15) is 8.42 Å². The van der Waals surface area contributed by atoms with Gasteiger partial charge in [0.1, 0.15) is 0 Å². The number of nitrogens with one attached hydrogen (secondary N) is 1. The second-order valence-corrected chi connectivity index (χ2v) is 6.84. The zero-order valence-corrected chi connectivity index (χ0v) is 12.3. The van der Waals surface area contributed by atoms with Crippen LogP contribution in [0.4, 0.5) is 0 Å². The molecule has 0 atom stereocenters. The van der Waals surface area contributed by atoms with E-state index in [-0.39, 0.29) is 0 Å². The van der Waals surface area contributed by atoms with Gasteiger partial charge >= 0.3 is 0 Å². The number of aryl methyl sites for hydroxylation is 1. The van der Waals surface area contributed by atoms with Gasteiger partial charge in [0.25, 0.3) is 0 Å². The summed E-state index contributed by atoms with van der Waals surface area (Å²) in [6, 6.07) is 5.51. The average Bonchev–Trinajstić information content (AvgIpc) is 2.72. The van der Waals surface area contributed by atoms with Gasteiger partial charge in [-0.2, -0.15) is 0 Å². The summed E-state index contributed by atoms with van der Waals surface area (Å²) in [7, 11) is -1.19. The van der Waals surface area contributed by atoms with Gasteiger partial charge in [-0.1, -0.05) is 12.1 Å². The van der Waals surface area contributed by atoms with Crippen LogP contribution in [-0.2, 0) is 16.4 Å². The van der Waals surface area contributed by atoms with Gasteiger partial charge in [-0.05, 0) is 24.1 Å². The van der Waals surface area contributed by atoms with Crippen molar-refractivity contribution in [2.75, 3.05) is 26.4 Å². The van der Waals surface area contributed by atoms with Gasteiger partial charge < -0.3 is 10.2 Å². The molecule has 1 aromatic carbocycles. The van der Waals surface area contributed by atoms with Crippen molar-refractivity contribution in [2.45, 2.75) is 18.4 Å². The standard InChI is InChI=1S/C13H19N3O2S/c1-10-4-5-11(8-12(10)19(3,17)18)9-15-13-14-6-7-16(13)2/h4-5,8H,6-7,9H2,1-3H3,(H,14,15). The van der Waals surface area contributed by atoms with Gasteiger partial charge in [-0.15, -0.1) is 0 Å². The highest BCUT2D eigenvalue weighted by molar-refractivity contribution is 7.90. The van der Waals surface area contributed by atoms with Crippen molar-refractivity contribution in [1.82, 2.24) is 10.2 Å². The molecule has 0 amide bonds. The Balaban J connectivity index is 2.14. The summed E-state index contributed by atoms with van der Waals surface area (Å²) < 4.78 is 23.3. The number of rotatable bonds is 3. The van der Waals surface area contributed by atoms with Crippen LogP contribution in [0.3, 0.4) is 0 Å². The molecule has 0 radical (unpaired) electrons. The summed E-state index contributed by atoms with van der Waals surface area (Å²) in [6.45, 7) is 4.11. The molecule has 1 aliphatic heterocycles. The van der Waals surface area contributed by atoms with E-state index in [4.69, 9.17) is 0 Å². The first-order chi connectivity index (χ1) is 8.88. The predicted octanol–water partition coefficient (Wildman–Crippen LogP) is 0.790. The molecule has 0 saturated carbocycles. The number of benzene rings is 1. The maximum atomic E-state index is 11.7. The molecule has 6 heteroatoms. The van der Waals surface area contributed by atoms with Crippen LogP contribution in [0.25, 0.3) is 0 Å². The first-order valence-corrected chi connectivity index (χ1v) is 8.06. The number of nitrogens with zero attached hydrogens (tertiary/aromatic N) is 2. The maximum absolute atomic E-state index is 11.7. The molecule has 0 bridgehead atoms. The Kier molecular flexibility index (Phi) is 3.80. The lowest BCUT2D eigenvalue weighted by molar-refractivity contribution is 0.534.